The van der Waals surface area contributed by atoms with Crippen molar-refractivity contribution in [1.82, 2.24) is 24.5 Å². The summed E-state index contributed by atoms with van der Waals surface area (Å²) in [5.74, 6) is -1.89. The first-order valence-electron chi connectivity index (χ1n) is 8.66. The van der Waals surface area contributed by atoms with E-state index in [1.54, 1.807) is 33.8 Å². The Morgan fingerprint density at radius 1 is 1.26 bits per heavy atom. The van der Waals surface area contributed by atoms with E-state index in [4.69, 9.17) is 4.74 Å². The molecule has 1 aliphatic rings. The summed E-state index contributed by atoms with van der Waals surface area (Å²) in [6.45, 7) is 6.48. The Morgan fingerprint density at radius 2 is 1.96 bits per heavy atom. The molecule has 148 valence electrons. The summed E-state index contributed by atoms with van der Waals surface area (Å²) in [7, 11) is 0. The van der Waals surface area contributed by atoms with Crippen molar-refractivity contribution in [2.24, 2.45) is 5.92 Å². The van der Waals surface area contributed by atoms with Crippen molar-refractivity contribution in [3.05, 3.63) is 23.8 Å². The van der Waals surface area contributed by atoms with Crippen molar-refractivity contribution < 1.29 is 22.7 Å². The van der Waals surface area contributed by atoms with Crippen LogP contribution in [0.5, 0.6) is 0 Å². The molecular formula is C17H22F3N5O2. The number of hydrogen-bond donors (Lipinski definition) is 0. The van der Waals surface area contributed by atoms with E-state index < -0.39 is 36.3 Å². The fraction of sp³-hybridized carbons (Fsp3) is 0.647. The molecule has 0 aromatic carbocycles. The first kappa shape index (κ1) is 19.4. The number of aryl methyl sites for hydroxylation is 1. The summed E-state index contributed by atoms with van der Waals surface area (Å²) < 4.78 is 47.3. The van der Waals surface area contributed by atoms with Gasteiger partial charge in [-0.2, -0.15) is 23.3 Å². The second-order valence-corrected chi connectivity index (χ2v) is 7.85. The Kier molecular flexibility index (Phi) is 4.77. The van der Waals surface area contributed by atoms with Gasteiger partial charge >= 0.3 is 12.3 Å². The van der Waals surface area contributed by atoms with Gasteiger partial charge in [0.05, 0.1) is 11.6 Å². The van der Waals surface area contributed by atoms with Gasteiger partial charge in [0.1, 0.15) is 11.9 Å². The highest BCUT2D eigenvalue weighted by Gasteiger charge is 2.47. The molecule has 0 unspecified atom stereocenters. The van der Waals surface area contributed by atoms with E-state index in [2.05, 4.69) is 15.1 Å². The van der Waals surface area contributed by atoms with Crippen molar-refractivity contribution in [1.29, 1.82) is 0 Å². The van der Waals surface area contributed by atoms with Gasteiger partial charge < -0.3 is 9.64 Å². The number of rotatable bonds is 1. The standard InChI is InChI=1S/C17H22F3N5O2/c1-10-5-13(25-14(23-10)21-9-22-25)11-6-12(17(18,19)20)8-24(7-11)15(26)27-16(2,3)4/h5,9,11-12H,6-8H2,1-4H3/t11-,12+/m0/s1. The number of carbonyl (C=O) groups is 1. The van der Waals surface area contributed by atoms with Gasteiger partial charge in [0.25, 0.3) is 5.78 Å². The zero-order chi connectivity index (χ0) is 20.0. The van der Waals surface area contributed by atoms with Gasteiger partial charge in [-0.25, -0.2) is 14.3 Å². The predicted molar refractivity (Wildman–Crippen MR) is 90.2 cm³/mol. The van der Waals surface area contributed by atoms with Crippen LogP contribution < -0.4 is 0 Å². The number of halogens is 3. The molecule has 3 rings (SSSR count). The van der Waals surface area contributed by atoms with Crippen molar-refractivity contribution in [2.75, 3.05) is 13.1 Å². The van der Waals surface area contributed by atoms with Crippen molar-refractivity contribution in [3.8, 4) is 0 Å². The minimum absolute atomic E-state index is 0.111. The molecule has 0 spiro atoms. The Morgan fingerprint density at radius 3 is 2.59 bits per heavy atom. The first-order valence-corrected chi connectivity index (χ1v) is 8.66. The maximum absolute atomic E-state index is 13.5. The number of amides is 1. The van der Waals surface area contributed by atoms with Gasteiger partial charge in [-0.15, -0.1) is 0 Å². The van der Waals surface area contributed by atoms with E-state index in [1.165, 1.54) is 10.8 Å². The molecule has 0 aliphatic carbocycles. The molecule has 3 heterocycles. The van der Waals surface area contributed by atoms with Crippen LogP contribution in [-0.4, -0.2) is 55.4 Å². The van der Waals surface area contributed by atoms with E-state index in [-0.39, 0.29) is 13.0 Å². The Labute approximate surface area is 154 Å². The van der Waals surface area contributed by atoms with Crippen molar-refractivity contribution in [2.45, 2.75) is 51.8 Å². The maximum Gasteiger partial charge on any atom is 0.410 e. The SMILES string of the molecule is Cc1cc([C@H]2C[C@@H](C(F)(F)F)CN(C(=O)OC(C)(C)C)C2)n2ncnc2n1. The molecular weight excluding hydrogens is 363 g/mol. The van der Waals surface area contributed by atoms with Crippen LogP contribution in [0.3, 0.4) is 0 Å². The van der Waals surface area contributed by atoms with E-state index in [0.29, 0.717) is 17.2 Å². The molecule has 7 nitrogen and oxygen atoms in total. The Hall–Kier alpha value is -2.39. The monoisotopic (exact) mass is 385 g/mol. The molecule has 1 aliphatic heterocycles. The van der Waals surface area contributed by atoms with Crippen LogP contribution in [0.15, 0.2) is 12.4 Å². The highest BCUT2D eigenvalue weighted by molar-refractivity contribution is 5.68. The molecule has 1 fully saturated rings. The quantitative estimate of drug-likeness (QED) is 0.753. The maximum atomic E-state index is 13.5. The van der Waals surface area contributed by atoms with Gasteiger partial charge in [0, 0.05) is 24.7 Å². The molecule has 0 N–H and O–H groups in total. The highest BCUT2D eigenvalue weighted by Crippen LogP contribution is 2.39. The summed E-state index contributed by atoms with van der Waals surface area (Å²) in [5, 5.41) is 4.08. The number of likely N-dealkylation sites (tertiary alicyclic amines) is 1. The first-order chi connectivity index (χ1) is 12.4. The molecule has 0 bridgehead atoms. The van der Waals surface area contributed by atoms with Crippen LogP contribution in [0.4, 0.5) is 18.0 Å². The fourth-order valence-corrected chi connectivity index (χ4v) is 3.28. The van der Waals surface area contributed by atoms with E-state index >= 15 is 0 Å². The van der Waals surface area contributed by atoms with Crippen molar-refractivity contribution >= 4 is 11.9 Å². The molecule has 0 radical (unpaired) electrons. The minimum Gasteiger partial charge on any atom is -0.444 e. The molecule has 10 heteroatoms. The zero-order valence-electron chi connectivity index (χ0n) is 15.6. The number of ether oxygens (including phenoxy) is 1. The average Bonchev–Trinajstić information content (AvgIpc) is 2.99. The number of fused-ring (bicyclic) bond motifs is 1. The largest absolute Gasteiger partial charge is 0.444 e. The molecule has 0 saturated carbocycles. The van der Waals surface area contributed by atoms with Gasteiger partial charge in [-0.05, 0) is 40.2 Å². The van der Waals surface area contributed by atoms with E-state index in [0.717, 1.165) is 4.90 Å². The van der Waals surface area contributed by atoms with Crippen molar-refractivity contribution in [3.63, 3.8) is 0 Å². The molecule has 2 aromatic heterocycles. The molecule has 27 heavy (non-hydrogen) atoms. The summed E-state index contributed by atoms with van der Waals surface area (Å²) in [4.78, 5) is 21.8. The molecule has 2 atom stereocenters. The van der Waals surface area contributed by atoms with Gasteiger partial charge in [0.2, 0.25) is 0 Å². The second-order valence-electron chi connectivity index (χ2n) is 7.85. The van der Waals surface area contributed by atoms with Crippen LogP contribution in [0.25, 0.3) is 5.78 Å². The van der Waals surface area contributed by atoms with Gasteiger partial charge in [0.15, 0.2) is 0 Å². The number of aromatic nitrogens is 4. The zero-order valence-corrected chi connectivity index (χ0v) is 15.6. The normalized spacial score (nSPS) is 21.5. The van der Waals surface area contributed by atoms with E-state index in [1.807, 2.05) is 0 Å². The van der Waals surface area contributed by atoms with E-state index in [9.17, 15) is 18.0 Å². The summed E-state index contributed by atoms with van der Waals surface area (Å²) in [6.07, 6.45) is -3.99. The summed E-state index contributed by atoms with van der Waals surface area (Å²) >= 11 is 0. The van der Waals surface area contributed by atoms with Crippen LogP contribution in [0.1, 0.15) is 44.5 Å². The third kappa shape index (κ3) is 4.30. The van der Waals surface area contributed by atoms with Gasteiger partial charge in [-0.1, -0.05) is 0 Å². The summed E-state index contributed by atoms with van der Waals surface area (Å²) in [5.41, 5.74) is 0.394. The third-order valence-electron chi connectivity index (χ3n) is 4.39. The van der Waals surface area contributed by atoms with Crippen LogP contribution in [0, 0.1) is 12.8 Å². The number of alkyl halides is 3. The molecule has 2 aromatic rings. The lowest BCUT2D eigenvalue weighted by atomic mass is 9.86. The smallest absolute Gasteiger partial charge is 0.410 e. The second kappa shape index (κ2) is 6.65. The minimum atomic E-state index is -4.41. The van der Waals surface area contributed by atoms with Crippen LogP contribution in [-0.2, 0) is 4.74 Å². The topological polar surface area (TPSA) is 72.6 Å². The number of carbonyl (C=O) groups excluding carboxylic acids is 1. The Bertz CT molecular complexity index is 843. The number of piperidine rings is 1. The lowest BCUT2D eigenvalue weighted by molar-refractivity contribution is -0.187. The third-order valence-corrected chi connectivity index (χ3v) is 4.39. The van der Waals surface area contributed by atoms with Crippen LogP contribution in [0.2, 0.25) is 0 Å². The summed E-state index contributed by atoms with van der Waals surface area (Å²) in [6, 6.07) is 1.69. The molecule has 1 saturated heterocycles. The highest BCUT2D eigenvalue weighted by atomic mass is 19.4. The van der Waals surface area contributed by atoms with Crippen LogP contribution >= 0.6 is 0 Å². The fourth-order valence-electron chi connectivity index (χ4n) is 3.28. The number of hydrogen-bond acceptors (Lipinski definition) is 5. The Balaban J connectivity index is 1.96. The average molecular weight is 385 g/mol. The lowest BCUT2D eigenvalue weighted by Gasteiger charge is -2.39. The predicted octanol–water partition coefficient (Wildman–Crippen LogP) is 3.34. The molecule has 1 amide bonds. The lowest BCUT2D eigenvalue weighted by Crippen LogP contribution is -2.49. The van der Waals surface area contributed by atoms with Gasteiger partial charge in [-0.3, -0.25) is 0 Å². The number of nitrogens with zero attached hydrogens (tertiary/aromatic N) is 5.